The molecule has 1 aliphatic rings. The van der Waals surface area contributed by atoms with Crippen LogP contribution in [0, 0.1) is 12.8 Å². The summed E-state index contributed by atoms with van der Waals surface area (Å²) in [5, 5.41) is 14.1. The highest BCUT2D eigenvalue weighted by atomic mass is 35.5. The molecule has 1 saturated carbocycles. The molecule has 0 radical (unpaired) electrons. The second kappa shape index (κ2) is 6.80. The molecule has 1 aromatic rings. The minimum Gasteiger partial charge on any atom is -0.388 e. The van der Waals surface area contributed by atoms with Gasteiger partial charge in [-0.2, -0.15) is 0 Å². The fourth-order valence-corrected chi connectivity index (χ4v) is 3.25. The normalized spacial score (nSPS) is 25.6. The molecule has 4 heteroatoms. The molecule has 21 heavy (non-hydrogen) atoms. The van der Waals surface area contributed by atoms with Gasteiger partial charge in [-0.05, 0) is 62.3 Å². The highest BCUT2D eigenvalue weighted by molar-refractivity contribution is 6.30. The van der Waals surface area contributed by atoms with Crippen LogP contribution in [-0.4, -0.2) is 23.2 Å². The summed E-state index contributed by atoms with van der Waals surface area (Å²) in [5.41, 5.74) is 0.716. The first-order chi connectivity index (χ1) is 9.93. The standard InChI is InChI=1S/C17H24ClNO2/c1-3-13-6-8-17(21,9-7-13)11-19-16(20)15-5-4-14(18)10-12(15)2/h4-5,10,13,21H,3,6-9,11H2,1-2H3,(H,19,20). The van der Waals surface area contributed by atoms with Crippen molar-refractivity contribution in [3.8, 4) is 0 Å². The van der Waals surface area contributed by atoms with E-state index in [-0.39, 0.29) is 5.91 Å². The number of hydrogen-bond donors (Lipinski definition) is 2. The summed E-state index contributed by atoms with van der Waals surface area (Å²) in [6.45, 7) is 4.38. The molecule has 1 aromatic carbocycles. The van der Waals surface area contributed by atoms with Crippen molar-refractivity contribution >= 4 is 17.5 Å². The maximum atomic E-state index is 12.2. The van der Waals surface area contributed by atoms with Crippen LogP contribution >= 0.6 is 11.6 Å². The third-order valence-corrected chi connectivity index (χ3v) is 4.86. The van der Waals surface area contributed by atoms with Gasteiger partial charge in [0.2, 0.25) is 0 Å². The Morgan fingerprint density at radius 2 is 2.10 bits per heavy atom. The molecule has 0 bridgehead atoms. The average molecular weight is 310 g/mol. The molecule has 0 aromatic heterocycles. The van der Waals surface area contributed by atoms with Gasteiger partial charge in [-0.25, -0.2) is 0 Å². The maximum Gasteiger partial charge on any atom is 0.251 e. The zero-order valence-electron chi connectivity index (χ0n) is 12.8. The highest BCUT2D eigenvalue weighted by Gasteiger charge is 2.32. The Hall–Kier alpha value is -1.06. The van der Waals surface area contributed by atoms with Crippen LogP contribution in [0.4, 0.5) is 0 Å². The molecule has 0 atom stereocenters. The Bertz CT molecular complexity index is 508. The van der Waals surface area contributed by atoms with Crippen molar-refractivity contribution in [2.45, 2.75) is 51.6 Å². The molecular weight excluding hydrogens is 286 g/mol. The molecule has 116 valence electrons. The van der Waals surface area contributed by atoms with E-state index >= 15 is 0 Å². The zero-order valence-corrected chi connectivity index (χ0v) is 13.5. The van der Waals surface area contributed by atoms with Gasteiger partial charge in [-0.3, -0.25) is 4.79 Å². The van der Waals surface area contributed by atoms with Crippen LogP contribution in [-0.2, 0) is 0 Å². The summed E-state index contributed by atoms with van der Waals surface area (Å²) < 4.78 is 0. The molecule has 0 heterocycles. The Kier molecular flexibility index (Phi) is 5.28. The van der Waals surface area contributed by atoms with E-state index in [1.165, 1.54) is 6.42 Å². The minimum absolute atomic E-state index is 0.143. The molecule has 0 unspecified atom stereocenters. The fraction of sp³-hybridized carbons (Fsp3) is 0.588. The molecule has 0 saturated heterocycles. The van der Waals surface area contributed by atoms with Crippen LogP contribution < -0.4 is 5.32 Å². The van der Waals surface area contributed by atoms with Gasteiger partial charge in [0.1, 0.15) is 0 Å². The van der Waals surface area contributed by atoms with Crippen LogP contribution in [0.2, 0.25) is 5.02 Å². The minimum atomic E-state index is -0.748. The second-order valence-electron chi connectivity index (χ2n) is 6.22. The molecule has 1 fully saturated rings. The van der Waals surface area contributed by atoms with Crippen molar-refractivity contribution in [2.24, 2.45) is 5.92 Å². The maximum absolute atomic E-state index is 12.2. The summed E-state index contributed by atoms with van der Waals surface area (Å²) in [4.78, 5) is 12.2. The Balaban J connectivity index is 1.92. The third kappa shape index (κ3) is 4.21. The summed E-state index contributed by atoms with van der Waals surface area (Å²) in [5.74, 6) is 0.578. The third-order valence-electron chi connectivity index (χ3n) is 4.62. The lowest BCUT2D eigenvalue weighted by molar-refractivity contribution is -0.00787. The second-order valence-corrected chi connectivity index (χ2v) is 6.65. The molecule has 2 rings (SSSR count). The van der Waals surface area contributed by atoms with Crippen molar-refractivity contribution in [1.29, 1.82) is 0 Å². The summed E-state index contributed by atoms with van der Waals surface area (Å²) in [6.07, 6.45) is 4.80. The molecule has 0 spiro atoms. The van der Waals surface area contributed by atoms with Gasteiger partial charge < -0.3 is 10.4 Å². The van der Waals surface area contributed by atoms with Crippen LogP contribution in [0.1, 0.15) is 54.9 Å². The van der Waals surface area contributed by atoms with Crippen LogP contribution in [0.25, 0.3) is 0 Å². The van der Waals surface area contributed by atoms with E-state index in [0.717, 1.165) is 37.2 Å². The predicted octanol–water partition coefficient (Wildman–Crippen LogP) is 3.71. The largest absolute Gasteiger partial charge is 0.388 e. The quantitative estimate of drug-likeness (QED) is 0.890. The number of aliphatic hydroxyl groups is 1. The van der Waals surface area contributed by atoms with Gasteiger partial charge in [-0.15, -0.1) is 0 Å². The van der Waals surface area contributed by atoms with Gasteiger partial charge in [0.15, 0.2) is 0 Å². The number of aryl methyl sites for hydroxylation is 1. The van der Waals surface area contributed by atoms with E-state index in [1.807, 2.05) is 6.92 Å². The van der Waals surface area contributed by atoms with Gasteiger partial charge >= 0.3 is 0 Å². The van der Waals surface area contributed by atoms with Crippen LogP contribution in [0.3, 0.4) is 0 Å². The van der Waals surface area contributed by atoms with Gasteiger partial charge in [0.25, 0.3) is 5.91 Å². The van der Waals surface area contributed by atoms with E-state index in [1.54, 1.807) is 18.2 Å². The molecule has 1 aliphatic carbocycles. The number of nitrogens with one attached hydrogen (secondary N) is 1. The van der Waals surface area contributed by atoms with Gasteiger partial charge in [-0.1, -0.05) is 24.9 Å². The van der Waals surface area contributed by atoms with E-state index < -0.39 is 5.60 Å². The smallest absolute Gasteiger partial charge is 0.251 e. The predicted molar refractivity (Wildman–Crippen MR) is 85.7 cm³/mol. The average Bonchev–Trinajstić information content (AvgIpc) is 2.46. The summed E-state index contributed by atoms with van der Waals surface area (Å²) in [7, 11) is 0. The van der Waals surface area contributed by atoms with Crippen molar-refractivity contribution in [1.82, 2.24) is 5.32 Å². The lowest BCUT2D eigenvalue weighted by Gasteiger charge is -2.35. The van der Waals surface area contributed by atoms with Gasteiger partial charge in [0, 0.05) is 17.1 Å². The molecule has 3 nitrogen and oxygen atoms in total. The molecule has 0 aliphatic heterocycles. The van der Waals surface area contributed by atoms with Crippen molar-refractivity contribution in [3.63, 3.8) is 0 Å². The first-order valence-electron chi connectivity index (χ1n) is 7.70. The number of rotatable bonds is 4. The number of carbonyl (C=O) groups is 1. The lowest BCUT2D eigenvalue weighted by atomic mass is 9.78. The van der Waals surface area contributed by atoms with Crippen molar-refractivity contribution in [3.05, 3.63) is 34.3 Å². The van der Waals surface area contributed by atoms with E-state index in [2.05, 4.69) is 12.2 Å². The molecule has 1 amide bonds. The Morgan fingerprint density at radius 1 is 1.43 bits per heavy atom. The fourth-order valence-electron chi connectivity index (χ4n) is 3.02. The SMILES string of the molecule is CCC1CCC(O)(CNC(=O)c2ccc(Cl)cc2C)CC1. The van der Waals surface area contributed by atoms with Crippen molar-refractivity contribution < 1.29 is 9.90 Å². The first kappa shape index (κ1) is 16.3. The zero-order chi connectivity index (χ0) is 15.5. The summed E-state index contributed by atoms with van der Waals surface area (Å²) >= 11 is 5.90. The monoisotopic (exact) mass is 309 g/mol. The Labute approximate surface area is 131 Å². The topological polar surface area (TPSA) is 49.3 Å². The highest BCUT2D eigenvalue weighted by Crippen LogP contribution is 2.33. The van der Waals surface area contributed by atoms with Crippen LogP contribution in [0.5, 0.6) is 0 Å². The van der Waals surface area contributed by atoms with Crippen molar-refractivity contribution in [2.75, 3.05) is 6.54 Å². The number of benzene rings is 1. The van der Waals surface area contributed by atoms with E-state index in [4.69, 9.17) is 11.6 Å². The first-order valence-corrected chi connectivity index (χ1v) is 8.08. The van der Waals surface area contributed by atoms with E-state index in [0.29, 0.717) is 17.1 Å². The summed E-state index contributed by atoms with van der Waals surface area (Å²) in [6, 6.07) is 5.22. The number of halogens is 1. The molecule has 2 N–H and O–H groups in total. The van der Waals surface area contributed by atoms with Gasteiger partial charge in [0.05, 0.1) is 5.60 Å². The van der Waals surface area contributed by atoms with Crippen LogP contribution in [0.15, 0.2) is 18.2 Å². The lowest BCUT2D eigenvalue weighted by Crippen LogP contribution is -2.45. The number of carbonyl (C=O) groups excluding carboxylic acids is 1. The Morgan fingerprint density at radius 3 is 2.67 bits per heavy atom. The number of amides is 1. The molecular formula is C17H24ClNO2. The number of hydrogen-bond acceptors (Lipinski definition) is 2. The van der Waals surface area contributed by atoms with E-state index in [9.17, 15) is 9.90 Å².